The molecule has 118 valence electrons. The second-order valence-corrected chi connectivity index (χ2v) is 6.84. The summed E-state index contributed by atoms with van der Waals surface area (Å²) in [6, 6.07) is 16.2. The van der Waals surface area contributed by atoms with Crippen LogP contribution in [0, 0.1) is 11.3 Å². The normalized spacial score (nSPS) is 17.3. The van der Waals surface area contributed by atoms with E-state index in [0.29, 0.717) is 5.56 Å². The monoisotopic (exact) mass is 314 g/mol. The highest BCUT2D eigenvalue weighted by molar-refractivity contribution is 5.86. The summed E-state index contributed by atoms with van der Waals surface area (Å²) in [5.41, 5.74) is 5.77. The van der Waals surface area contributed by atoms with Gasteiger partial charge in [-0.3, -0.25) is 0 Å². The number of nitriles is 1. The molecule has 0 saturated heterocycles. The van der Waals surface area contributed by atoms with E-state index in [2.05, 4.69) is 59.5 Å². The number of hydrogen-bond donors (Lipinski definition) is 2. The number of benzene rings is 2. The molecule has 1 aliphatic rings. The largest absolute Gasteiger partial charge is 0.379 e. The Hall–Kier alpha value is -3.06. The zero-order valence-electron chi connectivity index (χ0n) is 13.7. The molecule has 24 heavy (non-hydrogen) atoms. The van der Waals surface area contributed by atoms with Crippen molar-refractivity contribution in [1.29, 1.82) is 5.26 Å². The molecule has 2 heterocycles. The lowest BCUT2D eigenvalue weighted by molar-refractivity contribution is 0.438. The Balaban J connectivity index is 1.85. The predicted octanol–water partition coefficient (Wildman–Crippen LogP) is 3.86. The van der Waals surface area contributed by atoms with Crippen LogP contribution in [0.5, 0.6) is 0 Å². The van der Waals surface area contributed by atoms with Gasteiger partial charge in [-0.25, -0.2) is 4.98 Å². The summed E-state index contributed by atoms with van der Waals surface area (Å²) in [7, 11) is 0. The van der Waals surface area contributed by atoms with Crippen molar-refractivity contribution in [3.63, 3.8) is 0 Å². The highest BCUT2D eigenvalue weighted by atomic mass is 15.0. The van der Waals surface area contributed by atoms with Gasteiger partial charge in [-0.15, -0.1) is 0 Å². The van der Waals surface area contributed by atoms with Crippen molar-refractivity contribution in [2.45, 2.75) is 25.8 Å². The minimum atomic E-state index is -0.00990. The molecule has 1 aliphatic heterocycles. The second kappa shape index (κ2) is 5.24. The van der Waals surface area contributed by atoms with Crippen molar-refractivity contribution in [3.8, 4) is 6.07 Å². The van der Waals surface area contributed by atoms with E-state index in [9.17, 15) is 5.26 Å². The van der Waals surface area contributed by atoms with Crippen molar-refractivity contribution in [2.75, 3.05) is 0 Å². The van der Waals surface area contributed by atoms with E-state index in [1.807, 2.05) is 18.2 Å². The average molecular weight is 314 g/mol. The number of imidazole rings is 1. The minimum Gasteiger partial charge on any atom is -0.379 e. The first kappa shape index (κ1) is 14.5. The first-order valence-corrected chi connectivity index (χ1v) is 8.03. The molecule has 2 N–H and O–H groups in total. The van der Waals surface area contributed by atoms with E-state index in [-0.39, 0.29) is 5.54 Å². The highest BCUT2D eigenvalue weighted by Gasteiger charge is 2.27. The fraction of sp³-hybridized carbons (Fsp3) is 0.200. The molecule has 0 radical (unpaired) electrons. The van der Waals surface area contributed by atoms with Gasteiger partial charge < -0.3 is 10.3 Å². The van der Waals surface area contributed by atoms with Gasteiger partial charge in [0.15, 0.2) is 0 Å². The van der Waals surface area contributed by atoms with Gasteiger partial charge in [-0.2, -0.15) is 5.26 Å². The summed E-state index contributed by atoms with van der Waals surface area (Å²) in [6.45, 7) is 4.40. The molecule has 0 unspecified atom stereocenters. The number of H-pyrrole nitrogens is 1. The molecule has 4 heteroatoms. The van der Waals surface area contributed by atoms with E-state index in [1.54, 1.807) is 6.07 Å². The summed E-state index contributed by atoms with van der Waals surface area (Å²) >= 11 is 0. The topological polar surface area (TPSA) is 64.5 Å². The zero-order valence-corrected chi connectivity index (χ0v) is 13.7. The van der Waals surface area contributed by atoms with Crippen molar-refractivity contribution in [2.24, 2.45) is 0 Å². The lowest BCUT2D eigenvalue weighted by Crippen LogP contribution is -2.43. The number of nitrogens with zero attached hydrogens (tertiary/aromatic N) is 2. The third kappa shape index (κ3) is 2.44. The highest BCUT2D eigenvalue weighted by Crippen LogP contribution is 2.30. The van der Waals surface area contributed by atoms with Gasteiger partial charge in [0.05, 0.1) is 11.1 Å². The maximum atomic E-state index is 9.23. The van der Waals surface area contributed by atoms with Gasteiger partial charge in [0.1, 0.15) is 17.4 Å². The summed E-state index contributed by atoms with van der Waals surface area (Å²) in [5, 5.41) is 12.8. The van der Waals surface area contributed by atoms with Crippen molar-refractivity contribution < 1.29 is 0 Å². The molecule has 0 saturated carbocycles. The number of aromatic amines is 1. The summed E-state index contributed by atoms with van der Waals surface area (Å²) in [5.74, 6) is 0.753. The van der Waals surface area contributed by atoms with Crippen LogP contribution in [0.15, 0.2) is 42.5 Å². The van der Waals surface area contributed by atoms with Gasteiger partial charge in [-0.05, 0) is 38.0 Å². The van der Waals surface area contributed by atoms with Crippen LogP contribution in [0.2, 0.25) is 0 Å². The van der Waals surface area contributed by atoms with Crippen molar-refractivity contribution in [3.05, 3.63) is 65.0 Å². The second-order valence-electron chi connectivity index (χ2n) is 6.84. The number of nitrogens with one attached hydrogen (secondary N) is 2. The zero-order chi connectivity index (χ0) is 16.7. The van der Waals surface area contributed by atoms with Crippen molar-refractivity contribution in [1.82, 2.24) is 15.3 Å². The minimum absolute atomic E-state index is 0.00990. The number of rotatable bonds is 1. The Bertz CT molecular complexity index is 1000. The molecule has 3 aromatic rings. The molecule has 4 nitrogen and oxygen atoms in total. The van der Waals surface area contributed by atoms with Crippen molar-refractivity contribution >= 4 is 22.8 Å². The predicted molar refractivity (Wildman–Crippen MR) is 96.0 cm³/mol. The molecule has 1 aromatic heterocycles. The van der Waals surface area contributed by atoms with Gasteiger partial charge in [-0.1, -0.05) is 30.3 Å². The van der Waals surface area contributed by atoms with E-state index in [4.69, 9.17) is 0 Å². The fourth-order valence-electron chi connectivity index (χ4n) is 3.35. The smallest absolute Gasteiger partial charge is 0.133 e. The van der Waals surface area contributed by atoms with Crippen LogP contribution in [0.4, 0.5) is 0 Å². The van der Waals surface area contributed by atoms with Crippen LogP contribution in [-0.4, -0.2) is 15.5 Å². The van der Waals surface area contributed by atoms with Gasteiger partial charge in [0.2, 0.25) is 0 Å². The molecular weight excluding hydrogens is 296 g/mol. The lowest BCUT2D eigenvalue weighted by Gasteiger charge is -2.35. The van der Waals surface area contributed by atoms with Crippen LogP contribution in [-0.2, 0) is 6.42 Å². The number of para-hydroxylation sites is 1. The standard InChI is InChI=1S/C20H18N4/c1-20(2)11-13-6-3-4-8-15(13)17(24-20)10-18-22-16-9-5-7-14(12-21)19(16)23-18/h3-10,24H,11H2,1-2H3,(H,22,23). The fourth-order valence-corrected chi connectivity index (χ4v) is 3.35. The van der Waals surface area contributed by atoms with Gasteiger partial charge in [0, 0.05) is 22.9 Å². The quantitative estimate of drug-likeness (QED) is 0.717. The van der Waals surface area contributed by atoms with Crippen LogP contribution in [0.3, 0.4) is 0 Å². The molecule has 0 spiro atoms. The third-order valence-corrected chi connectivity index (χ3v) is 4.35. The summed E-state index contributed by atoms with van der Waals surface area (Å²) < 4.78 is 0. The van der Waals surface area contributed by atoms with Gasteiger partial charge in [0.25, 0.3) is 0 Å². The van der Waals surface area contributed by atoms with Crippen LogP contribution < -0.4 is 5.32 Å². The average Bonchev–Trinajstić information content (AvgIpc) is 2.96. The van der Waals surface area contributed by atoms with E-state index in [0.717, 1.165) is 29.0 Å². The molecule has 0 atom stereocenters. The third-order valence-electron chi connectivity index (χ3n) is 4.35. The molecule has 0 aliphatic carbocycles. The number of hydrogen-bond acceptors (Lipinski definition) is 3. The van der Waals surface area contributed by atoms with E-state index >= 15 is 0 Å². The Labute approximate surface area is 140 Å². The Kier molecular flexibility index (Phi) is 3.17. The van der Waals surface area contributed by atoms with Crippen LogP contribution in [0.25, 0.3) is 22.8 Å². The molecule has 0 amide bonds. The Morgan fingerprint density at radius 2 is 2.00 bits per heavy atom. The van der Waals surface area contributed by atoms with Gasteiger partial charge >= 0.3 is 0 Å². The lowest BCUT2D eigenvalue weighted by atomic mass is 9.86. The van der Waals surface area contributed by atoms with Crippen LogP contribution in [0.1, 0.15) is 36.4 Å². The molecular formula is C20H18N4. The summed E-state index contributed by atoms with van der Waals surface area (Å²) in [4.78, 5) is 7.90. The molecule has 0 bridgehead atoms. The molecule has 2 aromatic carbocycles. The Morgan fingerprint density at radius 3 is 2.83 bits per heavy atom. The maximum Gasteiger partial charge on any atom is 0.133 e. The number of fused-ring (bicyclic) bond motifs is 2. The Morgan fingerprint density at radius 1 is 1.17 bits per heavy atom. The summed E-state index contributed by atoms with van der Waals surface area (Å²) in [6.07, 6.45) is 3.01. The van der Waals surface area contributed by atoms with E-state index < -0.39 is 0 Å². The van der Waals surface area contributed by atoms with Crippen LogP contribution >= 0.6 is 0 Å². The first-order chi connectivity index (χ1) is 11.6. The maximum absolute atomic E-state index is 9.23. The molecule has 0 fully saturated rings. The number of aromatic nitrogens is 2. The van der Waals surface area contributed by atoms with E-state index in [1.165, 1.54) is 11.1 Å². The SMILES string of the molecule is CC1(C)Cc2ccccc2C(=Cc2nc3c(C#N)cccc3[nH]2)N1. The molecule has 4 rings (SSSR count). The first-order valence-electron chi connectivity index (χ1n) is 8.03.